The minimum absolute atomic E-state index is 0.167. The van der Waals surface area contributed by atoms with Crippen molar-refractivity contribution in [3.05, 3.63) is 116 Å². The van der Waals surface area contributed by atoms with Crippen molar-refractivity contribution in [3.63, 3.8) is 0 Å². The van der Waals surface area contributed by atoms with Gasteiger partial charge in [-0.3, -0.25) is 14.8 Å². The fraction of sp³-hybridized carbons (Fsp3) is 0.273. The maximum Gasteiger partial charge on any atom is 0.308 e. The van der Waals surface area contributed by atoms with Crippen molar-refractivity contribution >= 4 is 35.0 Å². The Bertz CT molecular complexity index is 1620. The summed E-state index contributed by atoms with van der Waals surface area (Å²) in [6, 6.07) is 15.0. The molecule has 0 fully saturated rings. The number of rotatable bonds is 3. The van der Waals surface area contributed by atoms with E-state index >= 15 is 0 Å². The summed E-state index contributed by atoms with van der Waals surface area (Å²) in [6.07, 6.45) is 3.18. The highest BCUT2D eigenvalue weighted by atomic mass is 35.5. The number of carbonyl (C=O) groups is 2. The summed E-state index contributed by atoms with van der Waals surface area (Å²) in [5.74, 6) is 0.559. The largest absolute Gasteiger partial charge is 0.506 e. The average molecular weight is 624 g/mol. The summed E-state index contributed by atoms with van der Waals surface area (Å²) in [5.41, 5.74) is 6.92. The third kappa shape index (κ3) is 7.77. The summed E-state index contributed by atoms with van der Waals surface area (Å²) in [7, 11) is 0. The number of hydrogen-bond donors (Lipinski definition) is 1. The quantitative estimate of drug-likeness (QED) is 0.233. The van der Waals surface area contributed by atoms with Gasteiger partial charge in [0, 0.05) is 51.6 Å². The van der Waals surface area contributed by atoms with Crippen molar-refractivity contribution in [3.8, 4) is 11.5 Å². The van der Waals surface area contributed by atoms with Gasteiger partial charge in [0.25, 0.3) is 0 Å². The van der Waals surface area contributed by atoms with E-state index in [1.165, 1.54) is 20.8 Å². The van der Waals surface area contributed by atoms with Gasteiger partial charge in [-0.2, -0.15) is 0 Å². The maximum absolute atomic E-state index is 11.2. The lowest BCUT2D eigenvalue weighted by molar-refractivity contribution is -0.132. The number of benzene rings is 2. The summed E-state index contributed by atoms with van der Waals surface area (Å²) >= 11 is 11.8. The molecule has 2 atom stereocenters. The van der Waals surface area contributed by atoms with Crippen molar-refractivity contribution in [1.82, 2.24) is 9.97 Å². The van der Waals surface area contributed by atoms with Crippen LogP contribution >= 0.6 is 23.2 Å². The molecule has 224 valence electrons. The number of nitrogens with zero attached hydrogens (tertiary/aromatic N) is 2. The number of fused-ring (bicyclic) bond motifs is 2. The van der Waals surface area contributed by atoms with E-state index in [1.807, 2.05) is 55.5 Å². The lowest BCUT2D eigenvalue weighted by atomic mass is 10.0. The number of ether oxygens (including phenoxy) is 3. The summed E-state index contributed by atoms with van der Waals surface area (Å²) < 4.78 is 16.9. The Hall–Kier alpha value is -3.82. The second-order valence-electron chi connectivity index (χ2n) is 10.2. The van der Waals surface area contributed by atoms with Crippen molar-refractivity contribution in [2.45, 2.75) is 60.0 Å². The zero-order valence-electron chi connectivity index (χ0n) is 24.5. The molecule has 43 heavy (non-hydrogen) atoms. The normalized spacial score (nSPS) is 16.2. The van der Waals surface area contributed by atoms with Crippen LogP contribution in [-0.4, -0.2) is 26.8 Å². The molecular weight excluding hydrogens is 591 g/mol. The highest BCUT2D eigenvalue weighted by molar-refractivity contribution is 6.30. The van der Waals surface area contributed by atoms with E-state index in [1.54, 1.807) is 19.3 Å². The molecule has 0 aliphatic carbocycles. The van der Waals surface area contributed by atoms with Gasteiger partial charge in [0.15, 0.2) is 5.75 Å². The molecule has 10 heteroatoms. The average Bonchev–Trinajstić information content (AvgIpc) is 3.58. The van der Waals surface area contributed by atoms with Crippen LogP contribution in [0, 0.1) is 13.8 Å². The second-order valence-corrected chi connectivity index (χ2v) is 11.1. The molecule has 2 aromatic carbocycles. The van der Waals surface area contributed by atoms with Gasteiger partial charge in [0.05, 0.1) is 24.6 Å². The number of aromatic hydroxyl groups is 1. The zero-order valence-corrected chi connectivity index (χ0v) is 26.0. The molecule has 6 rings (SSSR count). The molecule has 0 spiro atoms. The first-order valence-electron chi connectivity index (χ1n) is 13.5. The number of aryl methyl sites for hydroxylation is 2. The Balaban J connectivity index is 0.000000177. The van der Waals surface area contributed by atoms with E-state index in [0.717, 1.165) is 33.4 Å². The van der Waals surface area contributed by atoms with Gasteiger partial charge in [-0.1, -0.05) is 47.5 Å². The molecule has 4 heterocycles. The lowest BCUT2D eigenvalue weighted by Crippen LogP contribution is -2.07. The predicted molar refractivity (Wildman–Crippen MR) is 163 cm³/mol. The van der Waals surface area contributed by atoms with Gasteiger partial charge < -0.3 is 24.1 Å². The lowest BCUT2D eigenvalue weighted by Gasteiger charge is -2.13. The minimum atomic E-state index is -0.358. The van der Waals surface area contributed by atoms with Crippen LogP contribution in [0.25, 0.3) is 0 Å². The summed E-state index contributed by atoms with van der Waals surface area (Å²) in [4.78, 5) is 29.2. The molecule has 2 aliphatic rings. The van der Waals surface area contributed by atoms with Crippen LogP contribution < -0.4 is 4.74 Å². The molecule has 1 N–H and O–H groups in total. The van der Waals surface area contributed by atoms with Crippen LogP contribution in [-0.2, 0) is 32.3 Å². The van der Waals surface area contributed by atoms with Crippen LogP contribution in [0.1, 0.15) is 77.7 Å². The SMILES string of the molecule is CC(=O)Oc1c(C)ncc2c1COC2c1ccc(Cl)cc1.CC(C)=O.Cc1ncc2c(c1O)COC2c1ccc(Cl)cc1. The van der Waals surface area contributed by atoms with Gasteiger partial charge in [-0.25, -0.2) is 0 Å². The van der Waals surface area contributed by atoms with Gasteiger partial charge in [-0.15, -0.1) is 0 Å². The van der Waals surface area contributed by atoms with E-state index in [4.69, 9.17) is 37.4 Å². The Labute approximate surface area is 260 Å². The van der Waals surface area contributed by atoms with Crippen LogP contribution in [0.2, 0.25) is 10.0 Å². The number of halogens is 2. The maximum atomic E-state index is 11.2. The third-order valence-corrected chi connectivity index (χ3v) is 7.17. The fourth-order valence-corrected chi connectivity index (χ4v) is 4.94. The highest BCUT2D eigenvalue weighted by Crippen LogP contribution is 2.42. The fourth-order valence-electron chi connectivity index (χ4n) is 4.68. The predicted octanol–water partition coefficient (Wildman–Crippen LogP) is 7.55. The first-order valence-corrected chi connectivity index (χ1v) is 14.3. The van der Waals surface area contributed by atoms with Crippen LogP contribution in [0.5, 0.6) is 11.5 Å². The van der Waals surface area contributed by atoms with Crippen molar-refractivity contribution in [2.75, 3.05) is 0 Å². The number of aromatic nitrogens is 2. The number of pyridine rings is 2. The van der Waals surface area contributed by atoms with E-state index in [0.29, 0.717) is 40.4 Å². The number of Topliss-reactive ketones (excluding diaryl/α,β-unsaturated/α-hetero) is 1. The van der Waals surface area contributed by atoms with Gasteiger partial charge >= 0.3 is 5.97 Å². The number of esters is 1. The molecule has 8 nitrogen and oxygen atoms in total. The monoisotopic (exact) mass is 622 g/mol. The van der Waals surface area contributed by atoms with Crippen LogP contribution in [0.3, 0.4) is 0 Å². The second kappa shape index (κ2) is 14.1. The molecule has 0 saturated heterocycles. The zero-order chi connectivity index (χ0) is 31.3. The van der Waals surface area contributed by atoms with E-state index in [-0.39, 0.29) is 29.7 Å². The Morgan fingerprint density at radius 2 is 1.19 bits per heavy atom. The molecule has 4 aromatic rings. The molecule has 2 unspecified atom stereocenters. The standard InChI is InChI=1S/C16H14ClNO3.C14H12ClNO2.C3H6O/c1-9-15(21-10(2)19)14-8-20-16(13(14)7-18-9)11-3-5-12(17)6-4-11;1-8-13(17)12-7-18-14(11(12)6-16-8)9-2-4-10(15)5-3-9;1-3(2)4/h3-7,16H,8H2,1-2H3;2-6,14,17H,7H2,1H3;1-2H3. The first kappa shape index (κ1) is 32.1. The number of carbonyl (C=O) groups excluding carboxylic acids is 2. The molecule has 2 aromatic heterocycles. The van der Waals surface area contributed by atoms with Crippen molar-refractivity contribution in [1.29, 1.82) is 0 Å². The molecule has 0 bridgehead atoms. The molecule has 2 aliphatic heterocycles. The molecular formula is C33H32Cl2N2O6. The van der Waals surface area contributed by atoms with E-state index in [9.17, 15) is 14.7 Å². The van der Waals surface area contributed by atoms with Gasteiger partial charge in [0.2, 0.25) is 0 Å². The third-order valence-electron chi connectivity index (χ3n) is 6.67. The van der Waals surface area contributed by atoms with Crippen LogP contribution in [0.15, 0.2) is 60.9 Å². The van der Waals surface area contributed by atoms with Gasteiger partial charge in [0.1, 0.15) is 23.7 Å². The first-order chi connectivity index (χ1) is 20.5. The Morgan fingerprint density at radius 1 is 0.767 bits per heavy atom. The number of ketones is 1. The van der Waals surface area contributed by atoms with E-state index < -0.39 is 0 Å². The Morgan fingerprint density at radius 3 is 1.65 bits per heavy atom. The van der Waals surface area contributed by atoms with E-state index in [2.05, 4.69) is 9.97 Å². The molecule has 0 saturated carbocycles. The van der Waals surface area contributed by atoms with Crippen LogP contribution in [0.4, 0.5) is 0 Å². The van der Waals surface area contributed by atoms with Crippen molar-refractivity contribution in [2.24, 2.45) is 0 Å². The summed E-state index contributed by atoms with van der Waals surface area (Å²) in [5, 5.41) is 11.3. The highest BCUT2D eigenvalue weighted by Gasteiger charge is 2.30. The topological polar surface area (TPSA) is 108 Å². The Kier molecular flexibility index (Phi) is 10.5. The van der Waals surface area contributed by atoms with Crippen molar-refractivity contribution < 1.29 is 28.9 Å². The van der Waals surface area contributed by atoms with Gasteiger partial charge in [-0.05, 0) is 63.1 Å². The number of hydrogen-bond acceptors (Lipinski definition) is 8. The minimum Gasteiger partial charge on any atom is -0.506 e. The molecule has 0 radical (unpaired) electrons. The molecule has 0 amide bonds. The summed E-state index contributed by atoms with van der Waals surface area (Å²) in [6.45, 7) is 8.84. The smallest absolute Gasteiger partial charge is 0.308 e.